The summed E-state index contributed by atoms with van der Waals surface area (Å²) in [5.74, 6) is 1.36. The van der Waals surface area contributed by atoms with Gasteiger partial charge in [0.15, 0.2) is 0 Å². The highest BCUT2D eigenvalue weighted by molar-refractivity contribution is 5.38. The number of methoxy groups -OCH3 is 1. The van der Waals surface area contributed by atoms with Crippen molar-refractivity contribution in [3.8, 4) is 11.6 Å². The summed E-state index contributed by atoms with van der Waals surface area (Å²) in [5.41, 5.74) is 1.97. The third-order valence-electron chi connectivity index (χ3n) is 3.03. The molecule has 2 aromatic rings. The van der Waals surface area contributed by atoms with Crippen LogP contribution in [0.1, 0.15) is 31.0 Å². The molecule has 0 fully saturated rings. The summed E-state index contributed by atoms with van der Waals surface area (Å²) < 4.78 is 11.0. The molecule has 0 saturated carbocycles. The Labute approximate surface area is 125 Å². The predicted molar refractivity (Wildman–Crippen MR) is 81.7 cm³/mol. The van der Waals surface area contributed by atoms with Gasteiger partial charge >= 0.3 is 0 Å². The fraction of sp³-hybridized carbons (Fsp3) is 0.375. The lowest BCUT2D eigenvalue weighted by Gasteiger charge is -2.19. The van der Waals surface area contributed by atoms with E-state index >= 15 is 0 Å². The third-order valence-corrected chi connectivity index (χ3v) is 3.03. The summed E-state index contributed by atoms with van der Waals surface area (Å²) in [7, 11) is 3.52. The van der Waals surface area contributed by atoms with E-state index in [-0.39, 0.29) is 12.1 Å². The van der Waals surface area contributed by atoms with Gasteiger partial charge in [-0.25, -0.2) is 4.98 Å². The number of rotatable bonds is 6. The van der Waals surface area contributed by atoms with Gasteiger partial charge in [0.25, 0.3) is 0 Å². The summed E-state index contributed by atoms with van der Waals surface area (Å²) >= 11 is 0. The molecule has 0 spiro atoms. The van der Waals surface area contributed by atoms with Crippen molar-refractivity contribution in [3.05, 3.63) is 47.9 Å². The van der Waals surface area contributed by atoms with Crippen molar-refractivity contribution >= 4 is 0 Å². The zero-order valence-corrected chi connectivity index (χ0v) is 12.8. The van der Waals surface area contributed by atoms with Crippen LogP contribution in [-0.2, 0) is 0 Å². The van der Waals surface area contributed by atoms with Gasteiger partial charge in [0.05, 0.1) is 25.5 Å². The van der Waals surface area contributed by atoms with E-state index < -0.39 is 0 Å². The molecule has 1 N–H and O–H groups in total. The van der Waals surface area contributed by atoms with E-state index in [4.69, 9.17) is 9.47 Å². The molecule has 0 aromatic carbocycles. The van der Waals surface area contributed by atoms with Crippen LogP contribution >= 0.6 is 0 Å². The number of hydrogen-bond acceptors (Lipinski definition) is 5. The Morgan fingerprint density at radius 1 is 1.24 bits per heavy atom. The van der Waals surface area contributed by atoms with Crippen LogP contribution in [0.15, 0.2) is 36.8 Å². The maximum atomic E-state index is 5.70. The molecule has 0 radical (unpaired) electrons. The highest BCUT2D eigenvalue weighted by Crippen LogP contribution is 2.29. The third kappa shape index (κ3) is 3.70. The van der Waals surface area contributed by atoms with E-state index in [1.165, 1.54) is 0 Å². The predicted octanol–water partition coefficient (Wildman–Crippen LogP) is 2.58. The van der Waals surface area contributed by atoms with Gasteiger partial charge in [0.1, 0.15) is 5.75 Å². The molecule has 0 aliphatic heterocycles. The SMILES string of the molecule is CNC(c1cncc(OC(C)C)c1)c1cccnc1OC. The quantitative estimate of drug-likeness (QED) is 0.885. The Hall–Kier alpha value is -2.14. The lowest BCUT2D eigenvalue weighted by atomic mass is 10.0. The van der Waals surface area contributed by atoms with E-state index in [2.05, 4.69) is 15.3 Å². The molecule has 2 aromatic heterocycles. The molecule has 0 bridgehead atoms. The van der Waals surface area contributed by atoms with Gasteiger partial charge in [0.2, 0.25) is 5.88 Å². The van der Waals surface area contributed by atoms with Crippen LogP contribution in [0.4, 0.5) is 0 Å². The lowest BCUT2D eigenvalue weighted by molar-refractivity contribution is 0.241. The van der Waals surface area contributed by atoms with Crippen LogP contribution in [0.3, 0.4) is 0 Å². The smallest absolute Gasteiger partial charge is 0.218 e. The molecule has 112 valence electrons. The van der Waals surface area contributed by atoms with E-state index in [0.29, 0.717) is 5.88 Å². The number of pyridine rings is 2. The van der Waals surface area contributed by atoms with Gasteiger partial charge in [-0.15, -0.1) is 0 Å². The Morgan fingerprint density at radius 3 is 2.71 bits per heavy atom. The number of ether oxygens (including phenoxy) is 2. The fourth-order valence-electron chi connectivity index (χ4n) is 2.23. The molecule has 0 aliphatic carbocycles. The largest absolute Gasteiger partial charge is 0.489 e. The Bertz CT molecular complexity index is 587. The Balaban J connectivity index is 2.37. The van der Waals surface area contributed by atoms with Crippen molar-refractivity contribution in [2.45, 2.75) is 26.0 Å². The minimum Gasteiger partial charge on any atom is -0.489 e. The van der Waals surface area contributed by atoms with Gasteiger partial charge in [-0.2, -0.15) is 0 Å². The maximum Gasteiger partial charge on any atom is 0.218 e. The van der Waals surface area contributed by atoms with Crippen LogP contribution in [0.2, 0.25) is 0 Å². The van der Waals surface area contributed by atoms with Crippen molar-refractivity contribution in [2.24, 2.45) is 0 Å². The number of aromatic nitrogens is 2. The van der Waals surface area contributed by atoms with Crippen molar-refractivity contribution in [1.82, 2.24) is 15.3 Å². The first kappa shape index (κ1) is 15.3. The van der Waals surface area contributed by atoms with Crippen molar-refractivity contribution in [3.63, 3.8) is 0 Å². The van der Waals surface area contributed by atoms with Crippen molar-refractivity contribution < 1.29 is 9.47 Å². The van der Waals surface area contributed by atoms with Gasteiger partial charge in [-0.05, 0) is 38.6 Å². The number of nitrogens with zero attached hydrogens (tertiary/aromatic N) is 2. The summed E-state index contributed by atoms with van der Waals surface area (Å²) in [4.78, 5) is 8.51. The van der Waals surface area contributed by atoms with Crippen LogP contribution in [0.5, 0.6) is 11.6 Å². The minimum absolute atomic E-state index is 0.0585. The maximum absolute atomic E-state index is 5.70. The first-order valence-corrected chi connectivity index (χ1v) is 6.93. The minimum atomic E-state index is -0.0585. The van der Waals surface area contributed by atoms with E-state index in [1.807, 2.05) is 45.3 Å². The summed E-state index contributed by atoms with van der Waals surface area (Å²) in [6.45, 7) is 3.98. The zero-order chi connectivity index (χ0) is 15.2. The van der Waals surface area contributed by atoms with Crippen LogP contribution in [0.25, 0.3) is 0 Å². The molecule has 5 nitrogen and oxygen atoms in total. The average molecular weight is 287 g/mol. The van der Waals surface area contributed by atoms with E-state index in [1.54, 1.807) is 19.5 Å². The first-order chi connectivity index (χ1) is 10.2. The number of hydrogen-bond donors (Lipinski definition) is 1. The second kappa shape index (κ2) is 7.04. The second-order valence-electron chi connectivity index (χ2n) is 4.94. The van der Waals surface area contributed by atoms with Gasteiger partial charge < -0.3 is 14.8 Å². The normalized spacial score (nSPS) is 12.2. The summed E-state index contributed by atoms with van der Waals surface area (Å²) in [6, 6.07) is 5.81. The second-order valence-corrected chi connectivity index (χ2v) is 4.94. The van der Waals surface area contributed by atoms with Gasteiger partial charge in [-0.3, -0.25) is 4.98 Å². The lowest BCUT2D eigenvalue weighted by Crippen LogP contribution is -2.19. The van der Waals surface area contributed by atoms with E-state index in [9.17, 15) is 0 Å². The average Bonchev–Trinajstić information content (AvgIpc) is 2.48. The van der Waals surface area contributed by atoms with Crippen molar-refractivity contribution in [1.29, 1.82) is 0 Å². The van der Waals surface area contributed by atoms with Crippen molar-refractivity contribution in [2.75, 3.05) is 14.2 Å². The molecule has 0 amide bonds. The van der Waals surface area contributed by atoms with Crippen LogP contribution < -0.4 is 14.8 Å². The molecule has 0 saturated heterocycles. The van der Waals surface area contributed by atoms with E-state index in [0.717, 1.165) is 16.9 Å². The topological polar surface area (TPSA) is 56.3 Å². The standard InChI is InChI=1S/C16H21N3O2/c1-11(2)21-13-8-12(9-18-10-13)15(17-3)14-6-5-7-19-16(14)20-4/h5-11,15,17H,1-4H3. The molecular formula is C16H21N3O2. The molecule has 0 aliphatic rings. The van der Waals surface area contributed by atoms with Gasteiger partial charge in [-0.1, -0.05) is 6.07 Å². The van der Waals surface area contributed by atoms with Gasteiger partial charge in [0, 0.05) is 18.0 Å². The molecule has 2 rings (SSSR count). The monoisotopic (exact) mass is 287 g/mol. The number of nitrogens with one attached hydrogen (secondary N) is 1. The molecule has 1 unspecified atom stereocenters. The molecule has 21 heavy (non-hydrogen) atoms. The molecule has 2 heterocycles. The Morgan fingerprint density at radius 2 is 2.05 bits per heavy atom. The molecular weight excluding hydrogens is 266 g/mol. The highest BCUT2D eigenvalue weighted by Gasteiger charge is 2.18. The van der Waals surface area contributed by atoms with Crippen LogP contribution in [0, 0.1) is 0 Å². The summed E-state index contributed by atoms with van der Waals surface area (Å²) in [5, 5.41) is 3.27. The first-order valence-electron chi connectivity index (χ1n) is 6.93. The molecule has 5 heteroatoms. The van der Waals surface area contributed by atoms with Crippen LogP contribution in [-0.4, -0.2) is 30.2 Å². The molecule has 1 atom stereocenters. The highest BCUT2D eigenvalue weighted by atomic mass is 16.5. The zero-order valence-electron chi connectivity index (χ0n) is 12.8. The Kier molecular flexibility index (Phi) is 5.11. The fourth-order valence-corrected chi connectivity index (χ4v) is 2.23. The summed E-state index contributed by atoms with van der Waals surface area (Å²) in [6.07, 6.45) is 5.37.